The molecule has 0 saturated heterocycles. The average molecular weight is 406 g/mol. The van der Waals surface area contributed by atoms with Crippen molar-refractivity contribution in [1.82, 2.24) is 0 Å². The lowest BCUT2D eigenvalue weighted by Crippen LogP contribution is -2.19. The van der Waals surface area contributed by atoms with E-state index in [0.717, 1.165) is 11.4 Å². The molecule has 1 nitrogen and oxygen atoms in total. The van der Waals surface area contributed by atoms with Crippen molar-refractivity contribution in [1.29, 1.82) is 0 Å². The number of hydrogen-bond donors (Lipinski definition) is 1. The van der Waals surface area contributed by atoms with Gasteiger partial charge in [0.2, 0.25) is 0 Å². The van der Waals surface area contributed by atoms with Gasteiger partial charge in [0.25, 0.3) is 0 Å². The van der Waals surface area contributed by atoms with E-state index in [9.17, 15) is 0 Å². The van der Waals surface area contributed by atoms with E-state index in [4.69, 9.17) is 0 Å². The zero-order valence-corrected chi connectivity index (χ0v) is 18.9. The molecule has 4 rings (SSSR count). The van der Waals surface area contributed by atoms with Crippen LogP contribution in [0.15, 0.2) is 109 Å². The second kappa shape index (κ2) is 8.43. The zero-order valence-electron chi connectivity index (χ0n) is 18.9. The third kappa shape index (κ3) is 4.41. The van der Waals surface area contributed by atoms with Gasteiger partial charge in [0, 0.05) is 22.2 Å². The van der Waals surface area contributed by atoms with E-state index in [2.05, 4.69) is 142 Å². The van der Waals surface area contributed by atoms with Gasteiger partial charge in [-0.05, 0) is 46.5 Å². The molecule has 31 heavy (non-hydrogen) atoms. The lowest BCUT2D eigenvalue weighted by atomic mass is 9.78. The molecule has 0 aliphatic carbocycles. The number of benzene rings is 4. The molecule has 156 valence electrons. The molecule has 0 aromatic heterocycles. The number of anilines is 2. The van der Waals surface area contributed by atoms with E-state index in [0.29, 0.717) is 0 Å². The fourth-order valence-electron chi connectivity index (χ4n) is 4.17. The van der Waals surface area contributed by atoms with Crippen LogP contribution in [-0.2, 0) is 10.8 Å². The molecular formula is C30H31N. The lowest BCUT2D eigenvalue weighted by Gasteiger charge is -2.27. The highest BCUT2D eigenvalue weighted by molar-refractivity contribution is 5.62. The summed E-state index contributed by atoms with van der Waals surface area (Å²) in [5.41, 5.74) is 7.38. The van der Waals surface area contributed by atoms with E-state index >= 15 is 0 Å². The molecule has 0 saturated carbocycles. The van der Waals surface area contributed by atoms with Gasteiger partial charge in [-0.1, -0.05) is 113 Å². The second-order valence-corrected chi connectivity index (χ2v) is 9.27. The van der Waals surface area contributed by atoms with Gasteiger partial charge in [-0.2, -0.15) is 0 Å². The third-order valence-corrected chi connectivity index (χ3v) is 6.47. The number of hydrogen-bond acceptors (Lipinski definition) is 1. The highest BCUT2D eigenvalue weighted by Gasteiger charge is 2.24. The highest BCUT2D eigenvalue weighted by atomic mass is 14.9. The Hall–Kier alpha value is -3.32. The van der Waals surface area contributed by atoms with Gasteiger partial charge in [-0.25, -0.2) is 0 Å². The van der Waals surface area contributed by atoms with Crippen LogP contribution in [0.3, 0.4) is 0 Å². The molecule has 0 atom stereocenters. The Morgan fingerprint density at radius 3 is 1.42 bits per heavy atom. The molecule has 0 unspecified atom stereocenters. The van der Waals surface area contributed by atoms with E-state index in [-0.39, 0.29) is 10.8 Å². The van der Waals surface area contributed by atoms with Crippen LogP contribution in [-0.4, -0.2) is 0 Å². The van der Waals surface area contributed by atoms with Gasteiger partial charge >= 0.3 is 0 Å². The maximum Gasteiger partial charge on any atom is 0.0387 e. The Balaban J connectivity index is 1.55. The van der Waals surface area contributed by atoms with Crippen LogP contribution < -0.4 is 5.32 Å². The average Bonchev–Trinajstić information content (AvgIpc) is 2.81. The van der Waals surface area contributed by atoms with Crippen molar-refractivity contribution < 1.29 is 0 Å². The molecule has 0 amide bonds. The van der Waals surface area contributed by atoms with E-state index in [1.807, 2.05) is 0 Å². The van der Waals surface area contributed by atoms with Gasteiger partial charge in [-0.3, -0.25) is 0 Å². The molecular weight excluding hydrogens is 374 g/mol. The molecule has 0 aliphatic rings. The fourth-order valence-corrected chi connectivity index (χ4v) is 4.17. The first-order chi connectivity index (χ1) is 14.9. The summed E-state index contributed by atoms with van der Waals surface area (Å²) in [6, 6.07) is 38.9. The number of nitrogens with one attached hydrogen (secondary N) is 1. The zero-order chi connectivity index (χ0) is 21.9. The summed E-state index contributed by atoms with van der Waals surface area (Å²) in [6.45, 7) is 9.11. The third-order valence-electron chi connectivity index (χ3n) is 6.47. The van der Waals surface area contributed by atoms with Gasteiger partial charge in [0.05, 0.1) is 0 Å². The summed E-state index contributed by atoms with van der Waals surface area (Å²) >= 11 is 0. The SMILES string of the molecule is CC(C)(c1ccccc1)c1ccc(Nc2cccc(C(C)(C)c3ccccc3)c2)cc1. The predicted octanol–water partition coefficient (Wildman–Crippen LogP) is 8.08. The van der Waals surface area contributed by atoms with Gasteiger partial charge in [0.1, 0.15) is 0 Å². The topological polar surface area (TPSA) is 12.0 Å². The first-order valence-corrected chi connectivity index (χ1v) is 11.0. The normalized spacial score (nSPS) is 11.9. The molecule has 1 N–H and O–H groups in total. The van der Waals surface area contributed by atoms with Crippen LogP contribution in [0.5, 0.6) is 0 Å². The van der Waals surface area contributed by atoms with Crippen LogP contribution in [0.1, 0.15) is 49.9 Å². The molecule has 0 spiro atoms. The second-order valence-electron chi connectivity index (χ2n) is 9.27. The predicted molar refractivity (Wildman–Crippen MR) is 133 cm³/mol. The summed E-state index contributed by atoms with van der Waals surface area (Å²) in [5.74, 6) is 0. The molecule has 0 radical (unpaired) electrons. The Kier molecular flexibility index (Phi) is 5.69. The van der Waals surface area contributed by atoms with Gasteiger partial charge in [-0.15, -0.1) is 0 Å². The maximum atomic E-state index is 3.59. The van der Waals surface area contributed by atoms with Crippen molar-refractivity contribution in [3.8, 4) is 0 Å². The van der Waals surface area contributed by atoms with E-state index < -0.39 is 0 Å². The van der Waals surface area contributed by atoms with Gasteiger partial charge in [0.15, 0.2) is 0 Å². The Morgan fingerprint density at radius 1 is 0.419 bits per heavy atom. The minimum atomic E-state index is -0.0531. The minimum absolute atomic E-state index is 0.0284. The standard InChI is InChI=1S/C30H31N/c1-29(2,23-12-7-5-8-13-23)25-18-20-27(21-19-25)31-28-17-11-16-26(22-28)30(3,4)24-14-9-6-10-15-24/h5-22,31H,1-4H3. The first-order valence-electron chi connectivity index (χ1n) is 11.0. The first kappa shape index (κ1) is 20.9. The van der Waals surface area contributed by atoms with E-state index in [1.165, 1.54) is 22.3 Å². The number of rotatable bonds is 6. The fraction of sp³-hybridized carbons (Fsp3) is 0.200. The summed E-state index contributed by atoms with van der Waals surface area (Å²) < 4.78 is 0. The molecule has 4 aromatic carbocycles. The lowest BCUT2D eigenvalue weighted by molar-refractivity contribution is 0.640. The summed E-state index contributed by atoms with van der Waals surface area (Å²) in [6.07, 6.45) is 0. The van der Waals surface area contributed by atoms with Crippen LogP contribution >= 0.6 is 0 Å². The Labute approximate surface area is 186 Å². The Morgan fingerprint density at radius 2 is 0.871 bits per heavy atom. The summed E-state index contributed by atoms with van der Waals surface area (Å²) in [7, 11) is 0. The molecule has 4 aromatic rings. The van der Waals surface area contributed by atoms with Crippen LogP contribution in [0.4, 0.5) is 11.4 Å². The van der Waals surface area contributed by atoms with Crippen molar-refractivity contribution in [2.45, 2.75) is 38.5 Å². The molecule has 0 heterocycles. The highest BCUT2D eigenvalue weighted by Crippen LogP contribution is 2.34. The van der Waals surface area contributed by atoms with Crippen LogP contribution in [0, 0.1) is 0 Å². The van der Waals surface area contributed by atoms with Crippen molar-refractivity contribution in [2.75, 3.05) is 5.32 Å². The maximum absolute atomic E-state index is 3.59. The summed E-state index contributed by atoms with van der Waals surface area (Å²) in [4.78, 5) is 0. The summed E-state index contributed by atoms with van der Waals surface area (Å²) in [5, 5.41) is 3.59. The minimum Gasteiger partial charge on any atom is -0.356 e. The van der Waals surface area contributed by atoms with Gasteiger partial charge < -0.3 is 5.32 Å². The molecule has 0 aliphatic heterocycles. The van der Waals surface area contributed by atoms with Crippen molar-refractivity contribution in [3.05, 3.63) is 131 Å². The molecule has 0 fully saturated rings. The Bertz CT molecular complexity index is 1120. The quantitative estimate of drug-likeness (QED) is 0.342. The van der Waals surface area contributed by atoms with Crippen molar-refractivity contribution >= 4 is 11.4 Å². The van der Waals surface area contributed by atoms with Crippen molar-refractivity contribution in [2.24, 2.45) is 0 Å². The van der Waals surface area contributed by atoms with Crippen LogP contribution in [0.2, 0.25) is 0 Å². The molecule has 0 bridgehead atoms. The van der Waals surface area contributed by atoms with Crippen LogP contribution in [0.25, 0.3) is 0 Å². The largest absolute Gasteiger partial charge is 0.356 e. The van der Waals surface area contributed by atoms with E-state index in [1.54, 1.807) is 0 Å². The smallest absolute Gasteiger partial charge is 0.0387 e. The van der Waals surface area contributed by atoms with Crippen molar-refractivity contribution in [3.63, 3.8) is 0 Å². The molecule has 1 heteroatoms. The monoisotopic (exact) mass is 405 g/mol.